The molecule has 1 heterocycles. The van der Waals surface area contributed by atoms with Gasteiger partial charge in [-0.1, -0.05) is 37.3 Å². The van der Waals surface area contributed by atoms with Crippen molar-refractivity contribution in [1.29, 1.82) is 0 Å². The van der Waals surface area contributed by atoms with E-state index >= 15 is 0 Å². The largest absolute Gasteiger partial charge is 0.490 e. The number of carbonyl (C=O) groups is 2. The molecule has 0 bridgehead atoms. The fourth-order valence-corrected chi connectivity index (χ4v) is 6.64. The Balaban J connectivity index is 1.63. The lowest BCUT2D eigenvalue weighted by molar-refractivity contribution is -0.117. The first-order valence-electron chi connectivity index (χ1n) is 14.0. The highest BCUT2D eigenvalue weighted by atomic mass is 79.9. The normalized spacial score (nSPS) is 18.0. The fourth-order valence-electron chi connectivity index (χ4n) is 6.07. The lowest BCUT2D eigenvalue weighted by Crippen LogP contribution is -2.40. The van der Waals surface area contributed by atoms with Gasteiger partial charge in [-0.25, -0.2) is 0 Å². The van der Waals surface area contributed by atoms with E-state index < -0.39 is 0 Å². The van der Waals surface area contributed by atoms with Crippen LogP contribution >= 0.6 is 15.9 Å². The van der Waals surface area contributed by atoms with Crippen LogP contribution in [0.25, 0.3) is 0 Å². The van der Waals surface area contributed by atoms with Crippen LogP contribution in [0.15, 0.2) is 69.5 Å². The van der Waals surface area contributed by atoms with E-state index in [2.05, 4.69) is 52.0 Å². The van der Waals surface area contributed by atoms with E-state index in [0.717, 1.165) is 77.6 Å². The van der Waals surface area contributed by atoms with Gasteiger partial charge in [-0.15, -0.1) is 0 Å². The molecule has 0 aromatic heterocycles. The maximum atomic E-state index is 13.6. The van der Waals surface area contributed by atoms with Crippen LogP contribution in [0.3, 0.4) is 0 Å². The lowest BCUT2D eigenvalue weighted by atomic mass is 9.71. The maximum absolute atomic E-state index is 13.6. The zero-order valence-corrected chi connectivity index (χ0v) is 23.9. The first kappa shape index (κ1) is 26.7. The average molecular weight is 579 g/mol. The summed E-state index contributed by atoms with van der Waals surface area (Å²) in [5, 5.41) is 0. The van der Waals surface area contributed by atoms with Gasteiger partial charge in [-0.05, 0) is 84.6 Å². The van der Waals surface area contributed by atoms with Gasteiger partial charge >= 0.3 is 0 Å². The number of rotatable bonds is 9. The van der Waals surface area contributed by atoms with Gasteiger partial charge in [0.1, 0.15) is 0 Å². The highest BCUT2D eigenvalue weighted by molar-refractivity contribution is 9.10. The molecule has 0 fully saturated rings. The number of hydrogen-bond acceptors (Lipinski definition) is 5. The molecule has 0 spiro atoms. The van der Waals surface area contributed by atoms with E-state index in [9.17, 15) is 9.59 Å². The van der Waals surface area contributed by atoms with E-state index in [1.165, 1.54) is 5.56 Å². The standard InChI is InChI=1S/C32H36BrNO4/c1-3-18-38-32-23(33)19-22(20-28(32)37-4-2)29-30-24(12-8-14-26(30)35)34(17-16-21-10-6-5-7-11-21)25-13-9-15-27(36)31(25)29/h5-7,10-11,19-20,29H,3-4,8-9,12-18H2,1-2H3. The molecule has 200 valence electrons. The molecule has 2 aromatic carbocycles. The van der Waals surface area contributed by atoms with Gasteiger partial charge in [0.2, 0.25) is 0 Å². The molecule has 0 atom stereocenters. The second-order valence-corrected chi connectivity index (χ2v) is 11.1. The molecular weight excluding hydrogens is 542 g/mol. The Morgan fingerprint density at radius 2 is 1.55 bits per heavy atom. The molecule has 38 heavy (non-hydrogen) atoms. The minimum atomic E-state index is -0.371. The van der Waals surface area contributed by atoms with Crippen molar-refractivity contribution >= 4 is 27.5 Å². The van der Waals surface area contributed by atoms with Crippen LogP contribution in [0.2, 0.25) is 0 Å². The summed E-state index contributed by atoms with van der Waals surface area (Å²) in [6.45, 7) is 5.87. The van der Waals surface area contributed by atoms with Gasteiger partial charge in [0.05, 0.1) is 17.7 Å². The Morgan fingerprint density at radius 3 is 2.16 bits per heavy atom. The van der Waals surface area contributed by atoms with Crippen molar-refractivity contribution < 1.29 is 19.1 Å². The van der Waals surface area contributed by atoms with Crippen LogP contribution in [0.1, 0.15) is 75.8 Å². The van der Waals surface area contributed by atoms with Crippen molar-refractivity contribution in [2.24, 2.45) is 0 Å². The van der Waals surface area contributed by atoms with Gasteiger partial charge in [0, 0.05) is 47.8 Å². The van der Waals surface area contributed by atoms with E-state index in [-0.39, 0.29) is 17.5 Å². The Labute approximate surface area is 234 Å². The molecule has 0 radical (unpaired) electrons. The summed E-state index contributed by atoms with van der Waals surface area (Å²) in [5.41, 5.74) is 5.99. The topological polar surface area (TPSA) is 55.8 Å². The Bertz CT molecular complexity index is 1240. The van der Waals surface area contributed by atoms with Crippen molar-refractivity contribution in [3.8, 4) is 11.5 Å². The SMILES string of the molecule is CCCOc1c(Br)cc(C2C3=C(CCCC3=O)N(CCc3ccccc3)C3=C2C(=O)CCC3)cc1OCC. The predicted octanol–water partition coefficient (Wildman–Crippen LogP) is 7.29. The number of ether oxygens (including phenoxy) is 2. The minimum Gasteiger partial charge on any atom is -0.490 e. The molecule has 0 saturated carbocycles. The van der Waals surface area contributed by atoms with Crippen LogP contribution in [-0.2, 0) is 16.0 Å². The Hall–Kier alpha value is -2.86. The molecule has 0 N–H and O–H groups in total. The molecule has 5 nitrogen and oxygen atoms in total. The third-order valence-electron chi connectivity index (χ3n) is 7.67. The van der Waals surface area contributed by atoms with Gasteiger partial charge in [-0.3, -0.25) is 9.59 Å². The van der Waals surface area contributed by atoms with Crippen molar-refractivity contribution in [1.82, 2.24) is 4.90 Å². The molecule has 0 amide bonds. The summed E-state index contributed by atoms with van der Waals surface area (Å²) in [4.78, 5) is 29.6. The van der Waals surface area contributed by atoms with Crippen LogP contribution in [0, 0.1) is 0 Å². The lowest BCUT2D eigenvalue weighted by Gasteiger charge is -2.44. The number of hydrogen-bond donors (Lipinski definition) is 0. The average Bonchev–Trinajstić information content (AvgIpc) is 2.92. The molecular formula is C32H36BrNO4. The monoisotopic (exact) mass is 577 g/mol. The van der Waals surface area contributed by atoms with Crippen molar-refractivity contribution in [2.45, 2.75) is 71.1 Å². The molecule has 2 aromatic rings. The van der Waals surface area contributed by atoms with E-state index in [0.29, 0.717) is 37.6 Å². The Morgan fingerprint density at radius 1 is 0.895 bits per heavy atom. The van der Waals surface area contributed by atoms with Gasteiger partial charge in [0.25, 0.3) is 0 Å². The summed E-state index contributed by atoms with van der Waals surface area (Å²) >= 11 is 3.72. The number of halogens is 1. The smallest absolute Gasteiger partial charge is 0.175 e. The third kappa shape index (κ3) is 5.20. The van der Waals surface area contributed by atoms with Gasteiger partial charge < -0.3 is 14.4 Å². The summed E-state index contributed by atoms with van der Waals surface area (Å²) < 4.78 is 12.8. The summed E-state index contributed by atoms with van der Waals surface area (Å²) in [6.07, 6.45) is 6.21. The van der Waals surface area contributed by atoms with E-state index in [1.807, 2.05) is 25.1 Å². The molecule has 5 rings (SSSR count). The van der Waals surface area contributed by atoms with Crippen molar-refractivity contribution in [3.05, 3.63) is 80.6 Å². The number of ketones is 2. The Kier molecular flexibility index (Phi) is 8.37. The molecule has 2 aliphatic carbocycles. The van der Waals surface area contributed by atoms with Crippen LogP contribution in [0.5, 0.6) is 11.5 Å². The fraction of sp³-hybridized carbons (Fsp3) is 0.438. The quantitative estimate of drug-likeness (QED) is 0.313. The van der Waals surface area contributed by atoms with E-state index in [1.54, 1.807) is 0 Å². The molecule has 0 saturated heterocycles. The number of nitrogens with zero attached hydrogens (tertiary/aromatic N) is 1. The van der Waals surface area contributed by atoms with Crippen molar-refractivity contribution in [3.63, 3.8) is 0 Å². The van der Waals surface area contributed by atoms with Crippen LogP contribution < -0.4 is 9.47 Å². The number of benzene rings is 2. The minimum absolute atomic E-state index is 0.159. The highest BCUT2D eigenvalue weighted by Crippen LogP contribution is 2.51. The zero-order valence-electron chi connectivity index (χ0n) is 22.4. The van der Waals surface area contributed by atoms with Gasteiger partial charge in [0.15, 0.2) is 23.1 Å². The van der Waals surface area contributed by atoms with Crippen LogP contribution in [0.4, 0.5) is 0 Å². The molecule has 6 heteroatoms. The maximum Gasteiger partial charge on any atom is 0.175 e. The molecule has 3 aliphatic rings. The number of Topliss-reactive ketones (excluding diaryl/α,β-unsaturated/α-hetero) is 2. The first-order valence-corrected chi connectivity index (χ1v) is 14.8. The molecule has 1 aliphatic heterocycles. The summed E-state index contributed by atoms with van der Waals surface area (Å²) in [6, 6.07) is 14.5. The summed E-state index contributed by atoms with van der Waals surface area (Å²) in [7, 11) is 0. The van der Waals surface area contributed by atoms with Crippen molar-refractivity contribution in [2.75, 3.05) is 19.8 Å². The number of allylic oxidation sites excluding steroid dienone is 4. The van der Waals surface area contributed by atoms with Gasteiger partial charge in [-0.2, -0.15) is 0 Å². The third-order valence-corrected chi connectivity index (χ3v) is 8.26. The second-order valence-electron chi connectivity index (χ2n) is 10.2. The molecule has 0 unspecified atom stereocenters. The number of carbonyl (C=O) groups excluding carboxylic acids is 2. The highest BCUT2D eigenvalue weighted by Gasteiger charge is 2.43. The zero-order chi connectivity index (χ0) is 26.6. The second kappa shape index (κ2) is 11.9. The first-order chi connectivity index (χ1) is 18.5. The predicted molar refractivity (Wildman–Crippen MR) is 152 cm³/mol. The van der Waals surface area contributed by atoms with E-state index in [4.69, 9.17) is 9.47 Å². The summed E-state index contributed by atoms with van der Waals surface area (Å²) in [5.74, 6) is 1.26. The van der Waals surface area contributed by atoms with Crippen LogP contribution in [-0.4, -0.2) is 36.2 Å².